The third-order valence-corrected chi connectivity index (χ3v) is 4.88. The molecule has 3 aromatic rings. The van der Waals surface area contributed by atoms with E-state index in [1.54, 1.807) is 12.1 Å². The van der Waals surface area contributed by atoms with E-state index in [-0.39, 0.29) is 40.6 Å². The number of halogens is 3. The number of nitrogens with one attached hydrogen (secondary N) is 1. The fourth-order valence-corrected chi connectivity index (χ4v) is 3.53. The van der Waals surface area contributed by atoms with E-state index < -0.39 is 5.56 Å². The van der Waals surface area contributed by atoms with E-state index in [1.165, 1.54) is 35.2 Å². The molecule has 1 heterocycles. The molecule has 0 aliphatic carbocycles. The third-order valence-electron chi connectivity index (χ3n) is 4.37. The lowest BCUT2D eigenvalue weighted by Gasteiger charge is -2.23. The number of carbonyl (C=O) groups excluding carboxylic acids is 1. The Kier molecular flexibility index (Phi) is 6.01. The van der Waals surface area contributed by atoms with Gasteiger partial charge in [0.05, 0.1) is 28.3 Å². The van der Waals surface area contributed by atoms with Gasteiger partial charge in [0, 0.05) is 5.02 Å². The van der Waals surface area contributed by atoms with Gasteiger partial charge in [0.2, 0.25) is 5.91 Å². The summed E-state index contributed by atoms with van der Waals surface area (Å²) in [5.41, 5.74) is 0.707. The second-order valence-electron chi connectivity index (χ2n) is 6.80. The van der Waals surface area contributed by atoms with Gasteiger partial charge in [-0.15, -0.1) is 0 Å². The van der Waals surface area contributed by atoms with Crippen LogP contribution in [0, 0.1) is 11.7 Å². The van der Waals surface area contributed by atoms with Crippen molar-refractivity contribution in [3.63, 3.8) is 0 Å². The SMILES string of the molecule is CC(C)C(NC(=O)Cn1cnc2c(Cl)cc(Cl)cc2c1=O)c1ccc(F)cc1. The van der Waals surface area contributed by atoms with E-state index in [1.807, 2.05) is 13.8 Å². The van der Waals surface area contributed by atoms with Crippen molar-refractivity contribution >= 4 is 40.0 Å². The minimum atomic E-state index is -0.410. The number of benzene rings is 2. The Hall–Kier alpha value is -2.44. The number of amides is 1. The van der Waals surface area contributed by atoms with Crippen LogP contribution in [-0.2, 0) is 11.3 Å². The lowest BCUT2D eigenvalue weighted by Crippen LogP contribution is -2.36. The van der Waals surface area contributed by atoms with Gasteiger partial charge in [0.15, 0.2) is 0 Å². The first kappa shape index (κ1) is 20.3. The first-order chi connectivity index (χ1) is 13.3. The monoisotopic (exact) mass is 421 g/mol. The van der Waals surface area contributed by atoms with E-state index in [9.17, 15) is 14.0 Å². The van der Waals surface area contributed by atoms with Crippen LogP contribution in [0.1, 0.15) is 25.5 Å². The zero-order chi connectivity index (χ0) is 20.4. The fraction of sp³-hybridized carbons (Fsp3) is 0.250. The smallest absolute Gasteiger partial charge is 0.261 e. The van der Waals surface area contributed by atoms with Crippen LogP contribution in [0.3, 0.4) is 0 Å². The van der Waals surface area contributed by atoms with E-state index in [0.29, 0.717) is 10.5 Å². The lowest BCUT2D eigenvalue weighted by atomic mass is 9.96. The molecule has 8 heteroatoms. The summed E-state index contributed by atoms with van der Waals surface area (Å²) in [6.07, 6.45) is 1.28. The van der Waals surface area contributed by atoms with Crippen LogP contribution < -0.4 is 10.9 Å². The van der Waals surface area contributed by atoms with Gasteiger partial charge >= 0.3 is 0 Å². The predicted octanol–water partition coefficient (Wildman–Crippen LogP) is 4.36. The summed E-state index contributed by atoms with van der Waals surface area (Å²) in [7, 11) is 0. The molecule has 0 aliphatic heterocycles. The minimum absolute atomic E-state index is 0.0680. The standard InChI is InChI=1S/C20H18Cl2FN3O2/c1-11(2)18(12-3-5-14(23)6-4-12)25-17(27)9-26-10-24-19-15(20(26)28)7-13(21)8-16(19)22/h3-8,10-11,18H,9H2,1-2H3,(H,25,27). The van der Waals surface area contributed by atoms with Gasteiger partial charge in [-0.05, 0) is 35.7 Å². The highest BCUT2D eigenvalue weighted by Gasteiger charge is 2.19. The minimum Gasteiger partial charge on any atom is -0.347 e. The van der Waals surface area contributed by atoms with E-state index in [4.69, 9.17) is 23.2 Å². The molecule has 1 N–H and O–H groups in total. The molecule has 1 atom stereocenters. The first-order valence-corrected chi connectivity index (χ1v) is 9.41. The van der Waals surface area contributed by atoms with Crippen molar-refractivity contribution in [1.29, 1.82) is 0 Å². The van der Waals surface area contributed by atoms with Crippen molar-refractivity contribution in [3.8, 4) is 0 Å². The van der Waals surface area contributed by atoms with Gasteiger partial charge in [-0.3, -0.25) is 14.2 Å². The number of aromatic nitrogens is 2. The normalized spacial score (nSPS) is 12.4. The Morgan fingerprint density at radius 3 is 2.54 bits per heavy atom. The Balaban J connectivity index is 1.85. The molecular formula is C20H18Cl2FN3O2. The number of carbonyl (C=O) groups is 1. The van der Waals surface area contributed by atoms with Gasteiger partial charge in [-0.25, -0.2) is 9.37 Å². The average Bonchev–Trinajstić information content (AvgIpc) is 2.63. The van der Waals surface area contributed by atoms with Crippen molar-refractivity contribution in [1.82, 2.24) is 14.9 Å². The summed E-state index contributed by atoms with van der Waals surface area (Å²) in [5.74, 6) is -0.637. The van der Waals surface area contributed by atoms with Crippen LogP contribution in [0.2, 0.25) is 10.0 Å². The highest BCUT2D eigenvalue weighted by molar-refractivity contribution is 6.38. The van der Waals surface area contributed by atoms with Crippen LogP contribution in [-0.4, -0.2) is 15.5 Å². The Morgan fingerprint density at radius 2 is 1.89 bits per heavy atom. The van der Waals surface area contributed by atoms with Crippen LogP contribution >= 0.6 is 23.2 Å². The number of nitrogens with zero attached hydrogens (tertiary/aromatic N) is 2. The second-order valence-corrected chi connectivity index (χ2v) is 7.65. The molecule has 3 rings (SSSR count). The molecule has 5 nitrogen and oxygen atoms in total. The first-order valence-electron chi connectivity index (χ1n) is 8.65. The van der Waals surface area contributed by atoms with E-state index in [0.717, 1.165) is 5.56 Å². The van der Waals surface area contributed by atoms with Crippen LogP contribution in [0.5, 0.6) is 0 Å². The topological polar surface area (TPSA) is 64.0 Å². The number of hydrogen-bond acceptors (Lipinski definition) is 3. The van der Waals surface area contributed by atoms with Gasteiger partial charge < -0.3 is 5.32 Å². The van der Waals surface area contributed by atoms with E-state index in [2.05, 4.69) is 10.3 Å². The molecule has 0 bridgehead atoms. The molecular weight excluding hydrogens is 404 g/mol. The fourth-order valence-electron chi connectivity index (χ4n) is 2.99. The maximum Gasteiger partial charge on any atom is 0.261 e. The summed E-state index contributed by atoms with van der Waals surface area (Å²) in [5, 5.41) is 3.73. The maximum absolute atomic E-state index is 13.2. The molecule has 1 amide bonds. The van der Waals surface area contributed by atoms with E-state index >= 15 is 0 Å². The molecule has 28 heavy (non-hydrogen) atoms. The Labute approximate surface area is 171 Å². The molecule has 0 saturated carbocycles. The van der Waals surface area contributed by atoms with Crippen molar-refractivity contribution in [2.75, 3.05) is 0 Å². The van der Waals surface area contributed by atoms with Crippen molar-refractivity contribution in [2.45, 2.75) is 26.4 Å². The quantitative estimate of drug-likeness (QED) is 0.665. The summed E-state index contributed by atoms with van der Waals surface area (Å²) in [4.78, 5) is 29.4. The highest BCUT2D eigenvalue weighted by atomic mass is 35.5. The molecule has 146 valence electrons. The third kappa shape index (κ3) is 4.34. The summed E-state index contributed by atoms with van der Waals surface area (Å²) < 4.78 is 14.4. The second kappa shape index (κ2) is 8.29. The molecule has 2 aromatic carbocycles. The number of rotatable bonds is 5. The zero-order valence-corrected chi connectivity index (χ0v) is 16.8. The molecule has 0 fully saturated rings. The maximum atomic E-state index is 13.2. The van der Waals surface area contributed by atoms with Crippen LogP contribution in [0.4, 0.5) is 4.39 Å². The molecule has 0 radical (unpaired) electrons. The predicted molar refractivity (Wildman–Crippen MR) is 108 cm³/mol. The Bertz CT molecular complexity index is 1080. The van der Waals surface area contributed by atoms with Gasteiger partial charge in [0.1, 0.15) is 12.4 Å². The summed E-state index contributed by atoms with van der Waals surface area (Å²) >= 11 is 12.0. The van der Waals surface area contributed by atoms with Gasteiger partial charge in [-0.2, -0.15) is 0 Å². The largest absolute Gasteiger partial charge is 0.347 e. The number of fused-ring (bicyclic) bond motifs is 1. The molecule has 1 unspecified atom stereocenters. The lowest BCUT2D eigenvalue weighted by molar-refractivity contribution is -0.122. The highest BCUT2D eigenvalue weighted by Crippen LogP contribution is 2.24. The van der Waals surface area contributed by atoms with Gasteiger partial charge in [-0.1, -0.05) is 49.2 Å². The van der Waals surface area contributed by atoms with Gasteiger partial charge in [0.25, 0.3) is 5.56 Å². The molecule has 0 aliphatic rings. The summed E-state index contributed by atoms with van der Waals surface area (Å²) in [6.45, 7) is 3.68. The van der Waals surface area contributed by atoms with Crippen molar-refractivity contribution in [3.05, 3.63) is 74.5 Å². The zero-order valence-electron chi connectivity index (χ0n) is 15.2. The van der Waals surface area contributed by atoms with Crippen molar-refractivity contribution < 1.29 is 9.18 Å². The van der Waals surface area contributed by atoms with Crippen LogP contribution in [0.15, 0.2) is 47.5 Å². The average molecular weight is 422 g/mol. The Morgan fingerprint density at radius 1 is 1.21 bits per heavy atom. The summed E-state index contributed by atoms with van der Waals surface area (Å²) in [6, 6.07) is 8.63. The molecule has 0 spiro atoms. The number of hydrogen-bond donors (Lipinski definition) is 1. The molecule has 0 saturated heterocycles. The van der Waals surface area contributed by atoms with Crippen molar-refractivity contribution in [2.24, 2.45) is 5.92 Å². The molecule has 1 aromatic heterocycles. The van der Waals surface area contributed by atoms with Crippen LogP contribution in [0.25, 0.3) is 10.9 Å².